The van der Waals surface area contributed by atoms with E-state index in [1.54, 1.807) is 30.3 Å². The van der Waals surface area contributed by atoms with Gasteiger partial charge >= 0.3 is 0 Å². The highest BCUT2D eigenvalue weighted by Gasteiger charge is 2.45. The number of aromatic hydroxyl groups is 6. The molecule has 0 bridgehead atoms. The van der Waals surface area contributed by atoms with Gasteiger partial charge in [0, 0.05) is 16.7 Å². The second-order valence-electron chi connectivity index (χ2n) is 7.14. The predicted octanol–water partition coefficient (Wildman–Crippen LogP) is 4.30. The first kappa shape index (κ1) is 20.0. The SMILES string of the molecule is Oc1cccc(C(c2ccccc2)(c2cccc(O)c2O)c2cccc(O)c2O)c1O. The molecular formula is C25H20O6. The molecule has 0 aromatic heterocycles. The molecule has 0 amide bonds. The summed E-state index contributed by atoms with van der Waals surface area (Å²) in [5, 5.41) is 63.5. The standard InChI is InChI=1S/C25H20O6/c26-19-12-4-9-16(22(19)29)25(15-7-2-1-3-8-15,17-10-5-13-20(27)23(17)30)18-11-6-14-21(28)24(18)31/h1-14,26-31H. The third-order valence-corrected chi connectivity index (χ3v) is 5.46. The average Bonchev–Trinajstić information content (AvgIpc) is 2.77. The summed E-state index contributed by atoms with van der Waals surface area (Å²) in [7, 11) is 0. The van der Waals surface area contributed by atoms with Crippen molar-refractivity contribution in [2.45, 2.75) is 5.41 Å². The lowest BCUT2D eigenvalue weighted by atomic mass is 9.64. The van der Waals surface area contributed by atoms with Crippen LogP contribution in [0.15, 0.2) is 84.9 Å². The summed E-state index contributed by atoms with van der Waals surface area (Å²) in [6, 6.07) is 21.8. The van der Waals surface area contributed by atoms with Crippen molar-refractivity contribution in [3.05, 3.63) is 107 Å². The van der Waals surface area contributed by atoms with E-state index in [0.29, 0.717) is 5.56 Å². The summed E-state index contributed by atoms with van der Waals surface area (Å²) < 4.78 is 0. The van der Waals surface area contributed by atoms with Gasteiger partial charge in [-0.25, -0.2) is 0 Å². The number of hydrogen-bond donors (Lipinski definition) is 6. The van der Waals surface area contributed by atoms with E-state index >= 15 is 0 Å². The Morgan fingerprint density at radius 1 is 0.387 bits per heavy atom. The van der Waals surface area contributed by atoms with Crippen molar-refractivity contribution in [3.63, 3.8) is 0 Å². The lowest BCUT2D eigenvalue weighted by Gasteiger charge is -2.37. The van der Waals surface area contributed by atoms with Gasteiger partial charge in [0.1, 0.15) is 0 Å². The zero-order valence-corrected chi connectivity index (χ0v) is 16.3. The van der Waals surface area contributed by atoms with Gasteiger partial charge in [0.2, 0.25) is 0 Å². The van der Waals surface area contributed by atoms with Crippen LogP contribution in [-0.4, -0.2) is 30.6 Å². The molecule has 0 saturated carbocycles. The lowest BCUT2D eigenvalue weighted by Crippen LogP contribution is -2.31. The maximum atomic E-state index is 10.9. The number of rotatable bonds is 4. The minimum absolute atomic E-state index is 0.125. The molecule has 6 nitrogen and oxygen atoms in total. The molecule has 4 aromatic rings. The van der Waals surface area contributed by atoms with Crippen LogP contribution in [0.25, 0.3) is 0 Å². The molecule has 31 heavy (non-hydrogen) atoms. The molecule has 156 valence electrons. The van der Waals surface area contributed by atoms with Crippen LogP contribution in [0.5, 0.6) is 34.5 Å². The third-order valence-electron chi connectivity index (χ3n) is 5.46. The van der Waals surface area contributed by atoms with Gasteiger partial charge in [-0.05, 0) is 23.8 Å². The molecule has 0 atom stereocenters. The Labute approximate surface area is 178 Å². The summed E-state index contributed by atoms with van der Waals surface area (Å²) in [4.78, 5) is 0. The van der Waals surface area contributed by atoms with E-state index in [0.717, 1.165) is 0 Å². The Morgan fingerprint density at radius 3 is 1.10 bits per heavy atom. The molecule has 0 aliphatic rings. The fourth-order valence-electron chi connectivity index (χ4n) is 4.09. The number of phenols is 6. The van der Waals surface area contributed by atoms with Crippen LogP contribution in [0, 0.1) is 0 Å². The van der Waals surface area contributed by atoms with Gasteiger partial charge in [0.05, 0.1) is 5.41 Å². The van der Waals surface area contributed by atoms with Gasteiger partial charge in [-0.3, -0.25) is 0 Å². The van der Waals surface area contributed by atoms with E-state index in [2.05, 4.69) is 0 Å². The van der Waals surface area contributed by atoms with Crippen molar-refractivity contribution in [2.75, 3.05) is 0 Å². The molecule has 0 spiro atoms. The first-order chi connectivity index (χ1) is 14.9. The van der Waals surface area contributed by atoms with Crippen LogP contribution >= 0.6 is 0 Å². The fourth-order valence-corrected chi connectivity index (χ4v) is 4.09. The summed E-state index contributed by atoms with van der Waals surface area (Å²) in [5.41, 5.74) is -0.741. The highest BCUT2D eigenvalue weighted by molar-refractivity contribution is 5.71. The number of hydrogen-bond acceptors (Lipinski definition) is 6. The minimum atomic E-state index is -1.62. The summed E-state index contributed by atoms with van der Waals surface area (Å²) >= 11 is 0. The average molecular weight is 416 g/mol. The maximum Gasteiger partial charge on any atom is 0.162 e. The number of benzene rings is 4. The smallest absolute Gasteiger partial charge is 0.162 e. The van der Waals surface area contributed by atoms with Gasteiger partial charge in [-0.2, -0.15) is 0 Å². The van der Waals surface area contributed by atoms with Crippen molar-refractivity contribution in [1.82, 2.24) is 0 Å². The second kappa shape index (κ2) is 7.50. The Balaban J connectivity index is 2.30. The fraction of sp³-hybridized carbons (Fsp3) is 0.0400. The summed E-state index contributed by atoms with van der Waals surface area (Å²) in [6.07, 6.45) is 0. The van der Waals surface area contributed by atoms with Gasteiger partial charge in [0.15, 0.2) is 34.5 Å². The number of phenolic OH excluding ortho intramolecular Hbond substituents is 6. The van der Waals surface area contributed by atoms with Crippen molar-refractivity contribution in [3.8, 4) is 34.5 Å². The molecule has 0 aliphatic heterocycles. The van der Waals surface area contributed by atoms with Crippen LogP contribution in [-0.2, 0) is 5.41 Å². The Hall–Kier alpha value is -4.32. The van der Waals surface area contributed by atoms with Gasteiger partial charge in [-0.1, -0.05) is 66.7 Å². The van der Waals surface area contributed by atoms with Gasteiger partial charge in [0.25, 0.3) is 0 Å². The van der Waals surface area contributed by atoms with Crippen LogP contribution in [0.2, 0.25) is 0 Å². The highest BCUT2D eigenvalue weighted by Crippen LogP contribution is 2.56. The third kappa shape index (κ3) is 2.97. The normalized spacial score (nSPS) is 11.4. The Morgan fingerprint density at radius 2 is 0.742 bits per heavy atom. The highest BCUT2D eigenvalue weighted by atomic mass is 16.3. The largest absolute Gasteiger partial charge is 0.504 e. The first-order valence-corrected chi connectivity index (χ1v) is 9.48. The zero-order valence-electron chi connectivity index (χ0n) is 16.3. The zero-order chi connectivity index (χ0) is 22.2. The van der Waals surface area contributed by atoms with Gasteiger partial charge in [-0.15, -0.1) is 0 Å². The van der Waals surface area contributed by atoms with Crippen LogP contribution < -0.4 is 0 Å². The van der Waals surface area contributed by atoms with E-state index in [9.17, 15) is 30.6 Å². The molecule has 0 unspecified atom stereocenters. The maximum absolute atomic E-state index is 10.9. The molecule has 0 fully saturated rings. The van der Waals surface area contributed by atoms with E-state index in [1.807, 2.05) is 0 Å². The quantitative estimate of drug-likeness (QED) is 0.218. The van der Waals surface area contributed by atoms with E-state index in [1.165, 1.54) is 54.6 Å². The van der Waals surface area contributed by atoms with E-state index in [-0.39, 0.29) is 16.7 Å². The van der Waals surface area contributed by atoms with Crippen molar-refractivity contribution in [1.29, 1.82) is 0 Å². The molecule has 0 saturated heterocycles. The topological polar surface area (TPSA) is 121 Å². The van der Waals surface area contributed by atoms with Crippen molar-refractivity contribution >= 4 is 0 Å². The van der Waals surface area contributed by atoms with Crippen molar-refractivity contribution < 1.29 is 30.6 Å². The van der Waals surface area contributed by atoms with E-state index < -0.39 is 39.9 Å². The lowest BCUT2D eigenvalue weighted by molar-refractivity contribution is 0.378. The number of para-hydroxylation sites is 3. The van der Waals surface area contributed by atoms with E-state index in [4.69, 9.17) is 0 Å². The van der Waals surface area contributed by atoms with Crippen LogP contribution in [0.3, 0.4) is 0 Å². The molecule has 4 rings (SSSR count). The predicted molar refractivity (Wildman–Crippen MR) is 115 cm³/mol. The molecule has 0 aliphatic carbocycles. The Bertz CT molecular complexity index is 1130. The molecular weight excluding hydrogens is 396 g/mol. The molecule has 0 heterocycles. The molecule has 0 radical (unpaired) electrons. The molecule has 4 aromatic carbocycles. The summed E-state index contributed by atoms with van der Waals surface area (Å²) in [5.74, 6) is -2.64. The molecule has 6 heteroatoms. The van der Waals surface area contributed by atoms with Gasteiger partial charge < -0.3 is 30.6 Å². The molecule has 6 N–H and O–H groups in total. The second-order valence-corrected chi connectivity index (χ2v) is 7.14. The van der Waals surface area contributed by atoms with Crippen LogP contribution in [0.1, 0.15) is 22.3 Å². The Kier molecular flexibility index (Phi) is 4.83. The monoisotopic (exact) mass is 416 g/mol. The van der Waals surface area contributed by atoms with Crippen LogP contribution in [0.4, 0.5) is 0 Å². The first-order valence-electron chi connectivity index (χ1n) is 9.48. The van der Waals surface area contributed by atoms with Crippen molar-refractivity contribution in [2.24, 2.45) is 0 Å². The minimum Gasteiger partial charge on any atom is -0.504 e. The summed E-state index contributed by atoms with van der Waals surface area (Å²) in [6.45, 7) is 0.